The Morgan fingerprint density at radius 3 is 1.16 bits per heavy atom. The maximum atomic E-state index is 13.3. The molecule has 0 fully saturated rings. The molecule has 0 unspecified atom stereocenters. The molecule has 4 aromatic rings. The smallest absolute Gasteiger partial charge is 0.344 e. The van der Waals surface area contributed by atoms with Gasteiger partial charge in [-0.3, -0.25) is 34.6 Å². The van der Waals surface area contributed by atoms with Gasteiger partial charge in [0.25, 0.3) is 21.9 Å². The second-order valence-corrected chi connectivity index (χ2v) is 9.36. The summed E-state index contributed by atoms with van der Waals surface area (Å²) in [6.07, 6.45) is 0. The summed E-state index contributed by atoms with van der Waals surface area (Å²) in [7, 11) is 0. The number of nitrogens with zero attached hydrogens (tertiary/aromatic N) is 2. The van der Waals surface area contributed by atoms with Crippen LogP contribution >= 0.6 is 23.2 Å². The molecule has 0 aliphatic heterocycles. The molecule has 0 aliphatic carbocycles. The average molecular weight is 637 g/mol. The fourth-order valence-electron chi connectivity index (χ4n) is 3.81. The van der Waals surface area contributed by atoms with E-state index < -0.39 is 38.1 Å². The molecule has 4 aromatic carbocycles. The number of non-ortho nitro benzene ring substituents is 2. The largest absolute Gasteiger partial charge is 0.423 e. The molecule has 0 aliphatic rings. The number of carbonyl (C=O) groups is 5. The van der Waals surface area contributed by atoms with Gasteiger partial charge in [0.2, 0.25) is 0 Å². The van der Waals surface area contributed by atoms with Crippen LogP contribution in [0.2, 0.25) is 0 Å². The maximum absolute atomic E-state index is 13.3. The van der Waals surface area contributed by atoms with Crippen LogP contribution < -0.4 is 9.47 Å². The number of halogens is 2. The molecule has 4 rings (SSSR count). The van der Waals surface area contributed by atoms with Crippen molar-refractivity contribution in [3.8, 4) is 11.5 Å². The van der Waals surface area contributed by atoms with Gasteiger partial charge in [-0.2, -0.15) is 0 Å². The van der Waals surface area contributed by atoms with Gasteiger partial charge >= 0.3 is 11.9 Å². The topological polar surface area (TPSA) is 190 Å². The number of hydrogen-bond donors (Lipinski definition) is 0. The van der Waals surface area contributed by atoms with Crippen molar-refractivity contribution >= 4 is 62.8 Å². The lowest BCUT2D eigenvalue weighted by atomic mass is 9.96. The van der Waals surface area contributed by atoms with E-state index in [2.05, 4.69) is 0 Å². The maximum Gasteiger partial charge on any atom is 0.344 e. The zero-order valence-corrected chi connectivity index (χ0v) is 23.2. The van der Waals surface area contributed by atoms with Gasteiger partial charge in [-0.05, 0) is 71.7 Å². The zero-order chi connectivity index (χ0) is 32.1. The molecule has 220 valence electrons. The molecule has 44 heavy (non-hydrogen) atoms. The van der Waals surface area contributed by atoms with Gasteiger partial charge in [0, 0.05) is 46.5 Å². The third-order valence-electron chi connectivity index (χ3n) is 5.94. The predicted octanol–water partition coefficient (Wildman–Crippen LogP) is 5.93. The second-order valence-electron chi connectivity index (χ2n) is 8.68. The number of nitro benzene ring substituents is 2. The number of carbonyl (C=O) groups excluding carboxylic acids is 5. The highest BCUT2D eigenvalue weighted by Gasteiger charge is 2.24. The van der Waals surface area contributed by atoms with Crippen molar-refractivity contribution in [3.05, 3.63) is 139 Å². The second kappa shape index (κ2) is 13.0. The van der Waals surface area contributed by atoms with Crippen LogP contribution in [-0.4, -0.2) is 38.1 Å². The first-order chi connectivity index (χ1) is 20.8. The van der Waals surface area contributed by atoms with Crippen molar-refractivity contribution in [2.24, 2.45) is 0 Å². The highest BCUT2D eigenvalue weighted by atomic mass is 35.5. The molecule has 0 spiro atoms. The lowest BCUT2D eigenvalue weighted by Crippen LogP contribution is -2.15. The van der Waals surface area contributed by atoms with Gasteiger partial charge in [0.15, 0.2) is 5.78 Å². The Bertz CT molecular complexity index is 1740. The molecule has 15 heteroatoms. The van der Waals surface area contributed by atoms with E-state index in [1.165, 1.54) is 36.4 Å². The van der Waals surface area contributed by atoms with Crippen LogP contribution in [0.1, 0.15) is 57.4 Å². The molecule has 0 radical (unpaired) electrons. The van der Waals surface area contributed by atoms with E-state index in [9.17, 15) is 44.2 Å². The minimum Gasteiger partial charge on any atom is -0.423 e. The summed E-state index contributed by atoms with van der Waals surface area (Å²) >= 11 is 11.3. The number of ketones is 1. The monoisotopic (exact) mass is 636 g/mol. The van der Waals surface area contributed by atoms with Gasteiger partial charge in [0.1, 0.15) is 11.5 Å². The molecule has 0 atom stereocenters. The first kappa shape index (κ1) is 31.2. The van der Waals surface area contributed by atoms with Gasteiger partial charge < -0.3 is 9.47 Å². The highest BCUT2D eigenvalue weighted by Crippen LogP contribution is 2.25. The Morgan fingerprint density at radius 1 is 0.523 bits per heavy atom. The Morgan fingerprint density at radius 2 is 0.864 bits per heavy atom. The van der Waals surface area contributed by atoms with Crippen molar-refractivity contribution in [3.63, 3.8) is 0 Å². The van der Waals surface area contributed by atoms with Gasteiger partial charge in [-0.1, -0.05) is 12.1 Å². The molecule has 0 saturated carbocycles. The summed E-state index contributed by atoms with van der Waals surface area (Å²) in [6, 6.07) is 15.8. The fraction of sp³-hybridized carbons (Fsp3) is 0. The Labute approximate surface area is 255 Å². The first-order valence-corrected chi connectivity index (χ1v) is 12.8. The Kier molecular flexibility index (Phi) is 9.22. The van der Waals surface area contributed by atoms with E-state index in [1.807, 2.05) is 0 Å². The van der Waals surface area contributed by atoms with E-state index in [-0.39, 0.29) is 56.3 Å². The van der Waals surface area contributed by atoms with Crippen molar-refractivity contribution in [1.82, 2.24) is 0 Å². The SMILES string of the molecule is O=C(c1ccc(C(=O)Oc2ccc([N+](=O)[O-])cc2)c(C(=O)Cl)c1)c1ccc(C(=O)Oc2ccc([N+](=O)[O-])cc2)c(C(=O)Cl)c1. The van der Waals surface area contributed by atoms with Crippen molar-refractivity contribution < 1.29 is 43.3 Å². The lowest BCUT2D eigenvalue weighted by Gasteiger charge is -2.11. The average Bonchev–Trinajstić information content (AvgIpc) is 3.00. The normalized spacial score (nSPS) is 10.4. The molecule has 0 heterocycles. The molecule has 0 saturated heterocycles. The summed E-state index contributed by atoms with van der Waals surface area (Å²) in [5.41, 5.74) is -2.12. The highest BCUT2D eigenvalue weighted by molar-refractivity contribution is 6.68. The summed E-state index contributed by atoms with van der Waals surface area (Å²) in [6.45, 7) is 0. The summed E-state index contributed by atoms with van der Waals surface area (Å²) in [5.74, 6) is -2.92. The van der Waals surface area contributed by atoms with E-state index in [4.69, 9.17) is 32.7 Å². The molecule has 0 amide bonds. The number of rotatable bonds is 10. The third kappa shape index (κ3) is 6.98. The summed E-state index contributed by atoms with van der Waals surface area (Å²) in [4.78, 5) is 83.4. The molecular weight excluding hydrogens is 623 g/mol. The van der Waals surface area contributed by atoms with Crippen molar-refractivity contribution in [2.45, 2.75) is 0 Å². The minimum absolute atomic E-state index is 0.0563. The number of nitro groups is 2. The number of ether oxygens (including phenoxy) is 2. The van der Waals surface area contributed by atoms with Crippen LogP contribution in [0.3, 0.4) is 0 Å². The molecule has 0 bridgehead atoms. The number of benzene rings is 4. The van der Waals surface area contributed by atoms with Crippen LogP contribution in [-0.2, 0) is 0 Å². The van der Waals surface area contributed by atoms with Crippen LogP contribution in [0.5, 0.6) is 11.5 Å². The molecule has 0 aromatic heterocycles. The van der Waals surface area contributed by atoms with Crippen molar-refractivity contribution in [1.29, 1.82) is 0 Å². The van der Waals surface area contributed by atoms with Crippen LogP contribution in [0.25, 0.3) is 0 Å². The van der Waals surface area contributed by atoms with E-state index >= 15 is 0 Å². The first-order valence-electron chi connectivity index (χ1n) is 12.0. The standard InChI is InChI=1S/C29H14Cl2N2O11/c30-26(35)23-13-15(1-11-21(23)28(37)43-19-7-3-17(4-8-19)32(39)40)25(34)16-2-12-22(24(14-16)27(31)36)29(38)44-20-9-5-18(6-10-20)33(41)42/h1-14H. The van der Waals surface area contributed by atoms with Crippen LogP contribution in [0.15, 0.2) is 84.9 Å². The summed E-state index contributed by atoms with van der Waals surface area (Å²) in [5, 5.41) is 19.4. The lowest BCUT2D eigenvalue weighted by molar-refractivity contribution is -0.385. The number of esters is 2. The van der Waals surface area contributed by atoms with Gasteiger partial charge in [-0.15, -0.1) is 0 Å². The minimum atomic E-state index is -1.10. The van der Waals surface area contributed by atoms with Crippen LogP contribution in [0, 0.1) is 20.2 Å². The molecule has 0 N–H and O–H groups in total. The van der Waals surface area contributed by atoms with E-state index in [0.717, 1.165) is 48.5 Å². The third-order valence-corrected chi connectivity index (χ3v) is 6.35. The fourth-order valence-corrected chi connectivity index (χ4v) is 4.13. The van der Waals surface area contributed by atoms with E-state index in [1.54, 1.807) is 0 Å². The summed E-state index contributed by atoms with van der Waals surface area (Å²) < 4.78 is 10.3. The molecular formula is C29H14Cl2N2O11. The van der Waals surface area contributed by atoms with E-state index in [0.29, 0.717) is 0 Å². The Hall–Kier alpha value is -5.79. The van der Waals surface area contributed by atoms with Crippen molar-refractivity contribution in [2.75, 3.05) is 0 Å². The number of hydrogen-bond acceptors (Lipinski definition) is 11. The quantitative estimate of drug-likeness (QED) is 0.0500. The zero-order valence-electron chi connectivity index (χ0n) is 21.7. The van der Waals surface area contributed by atoms with Crippen LogP contribution in [0.4, 0.5) is 11.4 Å². The molecule has 13 nitrogen and oxygen atoms in total. The van der Waals surface area contributed by atoms with Gasteiger partial charge in [-0.25, -0.2) is 9.59 Å². The predicted molar refractivity (Wildman–Crippen MR) is 153 cm³/mol. The van der Waals surface area contributed by atoms with Gasteiger partial charge in [0.05, 0.1) is 21.0 Å². The Balaban J connectivity index is 1.58.